The summed E-state index contributed by atoms with van der Waals surface area (Å²) in [6.07, 6.45) is -1.07. The van der Waals surface area contributed by atoms with Gasteiger partial charge in [-0.3, -0.25) is 19.0 Å². The Hall–Kier alpha value is -4.55. The molecule has 234 valence electrons. The first-order chi connectivity index (χ1) is 21.7. The summed E-state index contributed by atoms with van der Waals surface area (Å²) in [5.74, 6) is -3.48. The van der Waals surface area contributed by atoms with Crippen LogP contribution in [-0.4, -0.2) is 73.4 Å². The minimum Gasteiger partial charge on any atom is -0.481 e. The van der Waals surface area contributed by atoms with Crippen LogP contribution in [0.2, 0.25) is 5.28 Å². The van der Waals surface area contributed by atoms with E-state index in [1.54, 1.807) is 4.57 Å². The second-order valence-electron chi connectivity index (χ2n) is 11.5. The van der Waals surface area contributed by atoms with Crippen LogP contribution in [0.15, 0.2) is 67.0 Å². The number of ether oxygens (including phenoxy) is 2. The number of esters is 1. The van der Waals surface area contributed by atoms with Gasteiger partial charge in [-0.05, 0) is 22.7 Å². The van der Waals surface area contributed by atoms with E-state index in [2.05, 4.69) is 44.1 Å². The first-order valence-electron chi connectivity index (χ1n) is 14.7. The largest absolute Gasteiger partial charge is 0.481 e. The van der Waals surface area contributed by atoms with Crippen molar-refractivity contribution in [3.8, 4) is 0 Å². The number of carbonyl (C=O) groups excluding carboxylic acids is 1. The molecule has 2 aromatic heterocycles. The molecule has 2 fully saturated rings. The SMILES string of the molecule is CC(=O)OC[C@@H]1O[C@@H](n2cnc3c(N4CC(c5ccccc5)C(c5ccccc5)C4)nc(Cl)nc32)[C@H](CC(=O)O)[C@H]1CC(=O)O. The molecule has 0 bridgehead atoms. The van der Waals surface area contributed by atoms with Crippen LogP contribution in [0.3, 0.4) is 0 Å². The summed E-state index contributed by atoms with van der Waals surface area (Å²) < 4.78 is 13.0. The number of halogens is 1. The van der Waals surface area contributed by atoms with E-state index < -0.39 is 42.1 Å². The highest BCUT2D eigenvalue weighted by molar-refractivity contribution is 6.28. The summed E-state index contributed by atoms with van der Waals surface area (Å²) in [6, 6.07) is 20.6. The molecule has 2 aromatic carbocycles. The van der Waals surface area contributed by atoms with E-state index in [-0.39, 0.29) is 36.6 Å². The molecule has 6 rings (SSSR count). The minimum absolute atomic E-state index is 0.0231. The van der Waals surface area contributed by atoms with Crippen molar-refractivity contribution in [1.82, 2.24) is 19.5 Å². The molecule has 0 saturated carbocycles. The summed E-state index contributed by atoms with van der Waals surface area (Å²) in [6.45, 7) is 2.31. The van der Waals surface area contributed by atoms with Crippen molar-refractivity contribution < 1.29 is 34.1 Å². The number of fused-ring (bicyclic) bond motifs is 1. The predicted molar refractivity (Wildman–Crippen MR) is 163 cm³/mol. The van der Waals surface area contributed by atoms with Crippen LogP contribution in [0.4, 0.5) is 5.82 Å². The van der Waals surface area contributed by atoms with E-state index in [1.807, 2.05) is 36.4 Å². The zero-order valence-electron chi connectivity index (χ0n) is 24.4. The number of carboxylic acids is 2. The second-order valence-corrected chi connectivity index (χ2v) is 11.8. The van der Waals surface area contributed by atoms with Crippen LogP contribution in [0.5, 0.6) is 0 Å². The van der Waals surface area contributed by atoms with E-state index in [1.165, 1.54) is 24.4 Å². The normalized spacial score (nSPS) is 24.6. The Balaban J connectivity index is 1.39. The Morgan fingerprint density at radius 1 is 0.911 bits per heavy atom. The fourth-order valence-corrected chi connectivity index (χ4v) is 6.94. The zero-order valence-corrected chi connectivity index (χ0v) is 25.2. The van der Waals surface area contributed by atoms with Crippen LogP contribution < -0.4 is 4.90 Å². The van der Waals surface area contributed by atoms with Crippen molar-refractivity contribution in [3.63, 3.8) is 0 Å². The lowest BCUT2D eigenvalue weighted by Gasteiger charge is -2.22. The maximum atomic E-state index is 11.9. The molecule has 45 heavy (non-hydrogen) atoms. The molecule has 0 amide bonds. The summed E-state index contributed by atoms with van der Waals surface area (Å²) >= 11 is 6.52. The smallest absolute Gasteiger partial charge is 0.303 e. The molecular weight excluding hydrogens is 602 g/mol. The van der Waals surface area contributed by atoms with E-state index in [4.69, 9.17) is 21.1 Å². The highest BCUT2D eigenvalue weighted by Crippen LogP contribution is 2.46. The number of aromatic nitrogens is 4. The van der Waals surface area contributed by atoms with E-state index in [9.17, 15) is 24.6 Å². The van der Waals surface area contributed by atoms with E-state index in [0.717, 1.165) is 0 Å². The van der Waals surface area contributed by atoms with E-state index >= 15 is 0 Å². The number of hydrogen-bond donors (Lipinski definition) is 2. The lowest BCUT2D eigenvalue weighted by Crippen LogP contribution is -2.29. The molecule has 12 nitrogen and oxygen atoms in total. The summed E-state index contributed by atoms with van der Waals surface area (Å²) in [7, 11) is 0. The number of anilines is 1. The average molecular weight is 634 g/mol. The molecule has 2 aliphatic heterocycles. The Bertz CT molecular complexity index is 1650. The molecule has 6 atom stereocenters. The molecule has 2 N–H and O–H groups in total. The number of aliphatic carboxylic acids is 2. The maximum absolute atomic E-state index is 11.9. The van der Waals surface area contributed by atoms with Crippen molar-refractivity contribution >= 4 is 46.5 Å². The van der Waals surface area contributed by atoms with Gasteiger partial charge in [-0.2, -0.15) is 9.97 Å². The quantitative estimate of drug-likeness (QED) is 0.187. The topological polar surface area (TPSA) is 157 Å². The van der Waals surface area contributed by atoms with Crippen LogP contribution in [0, 0.1) is 11.8 Å². The number of benzene rings is 2. The molecule has 2 aliphatic rings. The molecular formula is C32H32ClN5O7. The summed E-state index contributed by atoms with van der Waals surface area (Å²) in [5.41, 5.74) is 3.19. The number of nitrogens with zero attached hydrogens (tertiary/aromatic N) is 5. The van der Waals surface area contributed by atoms with Crippen molar-refractivity contribution in [3.05, 3.63) is 83.4 Å². The zero-order chi connectivity index (χ0) is 31.7. The van der Waals surface area contributed by atoms with E-state index in [0.29, 0.717) is 30.1 Å². The van der Waals surface area contributed by atoms with Crippen molar-refractivity contribution in [1.29, 1.82) is 0 Å². The van der Waals surface area contributed by atoms with Gasteiger partial charge in [0.2, 0.25) is 5.28 Å². The molecule has 13 heteroatoms. The van der Waals surface area contributed by atoms with Gasteiger partial charge in [0.1, 0.15) is 12.8 Å². The van der Waals surface area contributed by atoms with Gasteiger partial charge in [0.25, 0.3) is 0 Å². The van der Waals surface area contributed by atoms with Crippen molar-refractivity contribution in [2.75, 3.05) is 24.6 Å². The third-order valence-corrected chi connectivity index (χ3v) is 8.87. The lowest BCUT2D eigenvalue weighted by atomic mass is 9.84. The number of imidazole rings is 1. The summed E-state index contributed by atoms with van der Waals surface area (Å²) in [5, 5.41) is 19.4. The maximum Gasteiger partial charge on any atom is 0.303 e. The Morgan fingerprint density at radius 3 is 2.04 bits per heavy atom. The third kappa shape index (κ3) is 6.34. The number of hydrogen-bond acceptors (Lipinski definition) is 9. The van der Waals surface area contributed by atoms with Gasteiger partial charge in [-0.25, -0.2) is 4.98 Å². The first kappa shape index (κ1) is 30.5. The molecule has 0 spiro atoms. The first-order valence-corrected chi connectivity index (χ1v) is 15.0. The standard InChI is InChI=1S/C32H32ClN5O7/c1-18(39)44-16-25-21(12-26(40)41)22(13-27(42)43)31(45-25)38-17-34-28-29(35-32(33)36-30(28)38)37-14-23(19-8-4-2-5-9-19)24(15-37)20-10-6-3-7-11-20/h2-11,17,21-25,31H,12-16H2,1H3,(H,40,41)(H,42,43)/t21-,22-,23?,24?,25+,31-/m1/s1. The Kier molecular flexibility index (Phi) is 8.68. The summed E-state index contributed by atoms with van der Waals surface area (Å²) in [4.78, 5) is 51.2. The van der Waals surface area contributed by atoms with Gasteiger partial charge >= 0.3 is 17.9 Å². The number of rotatable bonds is 10. The van der Waals surface area contributed by atoms with Crippen LogP contribution in [0.1, 0.15) is 49.0 Å². The van der Waals surface area contributed by atoms with Gasteiger partial charge in [-0.1, -0.05) is 60.7 Å². The third-order valence-electron chi connectivity index (χ3n) is 8.70. The Morgan fingerprint density at radius 2 is 1.49 bits per heavy atom. The fourth-order valence-electron chi connectivity index (χ4n) is 6.78. The number of carbonyl (C=O) groups is 3. The molecule has 2 unspecified atom stereocenters. The highest BCUT2D eigenvalue weighted by Gasteiger charge is 2.48. The molecule has 4 aromatic rings. The van der Waals surface area contributed by atoms with Gasteiger partial charge in [0, 0.05) is 43.7 Å². The lowest BCUT2D eigenvalue weighted by molar-refractivity contribution is -0.147. The van der Waals surface area contributed by atoms with Crippen molar-refractivity contribution in [2.45, 2.75) is 43.9 Å². The van der Waals surface area contributed by atoms with Gasteiger partial charge in [0.15, 0.2) is 17.0 Å². The minimum atomic E-state index is -1.12. The van der Waals surface area contributed by atoms with Gasteiger partial charge < -0.3 is 24.6 Å². The highest BCUT2D eigenvalue weighted by atomic mass is 35.5. The monoisotopic (exact) mass is 633 g/mol. The predicted octanol–water partition coefficient (Wildman–Crippen LogP) is 4.51. The van der Waals surface area contributed by atoms with Crippen LogP contribution in [-0.2, 0) is 23.9 Å². The fraction of sp³-hybridized carbons (Fsp3) is 0.375. The molecule has 2 saturated heterocycles. The molecule has 0 aliphatic carbocycles. The molecule has 4 heterocycles. The molecule has 0 radical (unpaired) electrons. The second kappa shape index (κ2) is 12.8. The van der Waals surface area contributed by atoms with Gasteiger partial charge in [0.05, 0.1) is 25.3 Å². The Labute approximate surface area is 263 Å². The average Bonchev–Trinajstić information content (AvgIpc) is 3.72. The van der Waals surface area contributed by atoms with Gasteiger partial charge in [-0.15, -0.1) is 0 Å². The van der Waals surface area contributed by atoms with Crippen LogP contribution >= 0.6 is 11.6 Å². The number of carboxylic acid groups (broad SMARTS) is 2. The van der Waals surface area contributed by atoms with Crippen molar-refractivity contribution in [2.24, 2.45) is 11.8 Å². The van der Waals surface area contributed by atoms with Crippen LogP contribution in [0.25, 0.3) is 11.2 Å².